The molecule has 0 saturated carbocycles. The van der Waals surface area contributed by atoms with Crippen molar-refractivity contribution in [1.29, 1.82) is 0 Å². The Morgan fingerprint density at radius 2 is 2.06 bits per heavy atom. The maximum Gasteiger partial charge on any atom is 0.254 e. The Bertz CT molecular complexity index is 399. The highest BCUT2D eigenvalue weighted by Gasteiger charge is 2.13. The average molecular weight is 273 g/mol. The maximum absolute atomic E-state index is 13.3. The van der Waals surface area contributed by atoms with Crippen LogP contribution in [0.5, 0.6) is 0 Å². The molecule has 1 amide bonds. The minimum absolute atomic E-state index is 0.237. The molecule has 1 rings (SSSR count). The Labute approximate surface area is 110 Å². The van der Waals surface area contributed by atoms with Crippen molar-refractivity contribution in [2.24, 2.45) is 0 Å². The van der Waals surface area contributed by atoms with E-state index < -0.39 is 17.5 Å². The van der Waals surface area contributed by atoms with Gasteiger partial charge in [0.15, 0.2) is 11.6 Å². The fraction of sp³-hybridized carbons (Fsp3) is 0.462. The molecule has 0 saturated heterocycles. The number of rotatable bonds is 7. The van der Waals surface area contributed by atoms with Gasteiger partial charge in [-0.3, -0.25) is 4.79 Å². The lowest BCUT2D eigenvalue weighted by Crippen LogP contribution is -2.25. The first-order valence-electron chi connectivity index (χ1n) is 5.88. The first-order chi connectivity index (χ1) is 8.66. The lowest BCUT2D eigenvalue weighted by atomic mass is 10.2. The van der Waals surface area contributed by atoms with Gasteiger partial charge in [0, 0.05) is 6.54 Å². The molecule has 5 heteroatoms. The van der Waals surface area contributed by atoms with Crippen molar-refractivity contribution in [3.8, 4) is 0 Å². The second-order valence-electron chi connectivity index (χ2n) is 3.91. The van der Waals surface area contributed by atoms with E-state index in [0.29, 0.717) is 6.54 Å². The number of nitrogens with one attached hydrogen (secondary N) is 1. The van der Waals surface area contributed by atoms with E-state index in [2.05, 4.69) is 11.6 Å². The summed E-state index contributed by atoms with van der Waals surface area (Å²) in [6.07, 6.45) is 5.02. The first kappa shape index (κ1) is 15.0. The molecular weight excluding hydrogens is 256 g/mol. The zero-order valence-electron chi connectivity index (χ0n) is 10.3. The van der Waals surface area contributed by atoms with Gasteiger partial charge in [-0.05, 0) is 37.0 Å². The van der Waals surface area contributed by atoms with Crippen LogP contribution in [0.4, 0.5) is 8.78 Å². The third kappa shape index (κ3) is 4.64. The van der Waals surface area contributed by atoms with Gasteiger partial charge >= 0.3 is 0 Å². The summed E-state index contributed by atoms with van der Waals surface area (Å²) in [6.45, 7) is 0.489. The minimum atomic E-state index is -1.09. The Balaban J connectivity index is 2.35. The maximum atomic E-state index is 13.3. The van der Waals surface area contributed by atoms with Crippen molar-refractivity contribution in [2.75, 3.05) is 18.6 Å². The molecule has 0 bridgehead atoms. The van der Waals surface area contributed by atoms with E-state index in [4.69, 9.17) is 0 Å². The molecule has 0 radical (unpaired) electrons. The number of carbonyl (C=O) groups is 1. The first-order valence-corrected chi connectivity index (χ1v) is 7.27. The minimum Gasteiger partial charge on any atom is -0.352 e. The number of carbonyl (C=O) groups excluding carboxylic acids is 1. The number of thioether (sulfide) groups is 1. The second-order valence-corrected chi connectivity index (χ2v) is 4.90. The van der Waals surface area contributed by atoms with E-state index in [1.807, 2.05) is 0 Å². The van der Waals surface area contributed by atoms with E-state index in [0.717, 1.165) is 31.1 Å². The summed E-state index contributed by atoms with van der Waals surface area (Å²) >= 11 is 1.79. The molecule has 18 heavy (non-hydrogen) atoms. The Hall–Kier alpha value is -1.10. The molecule has 0 aliphatic heterocycles. The summed E-state index contributed by atoms with van der Waals surface area (Å²) in [6, 6.07) is 3.60. The second kappa shape index (κ2) is 8.08. The number of amides is 1. The summed E-state index contributed by atoms with van der Waals surface area (Å²) in [7, 11) is 0. The monoisotopic (exact) mass is 273 g/mol. The molecule has 2 nitrogen and oxygen atoms in total. The normalized spacial score (nSPS) is 10.4. The molecular formula is C13H17F2NOS. The largest absolute Gasteiger partial charge is 0.352 e. The van der Waals surface area contributed by atoms with Gasteiger partial charge in [-0.2, -0.15) is 11.8 Å². The van der Waals surface area contributed by atoms with Crippen LogP contribution < -0.4 is 5.32 Å². The molecule has 0 aliphatic rings. The average Bonchev–Trinajstić information content (AvgIpc) is 2.36. The molecule has 0 atom stereocenters. The van der Waals surface area contributed by atoms with Gasteiger partial charge in [-0.15, -0.1) is 0 Å². The van der Waals surface area contributed by atoms with E-state index in [1.54, 1.807) is 11.8 Å². The van der Waals surface area contributed by atoms with Crippen LogP contribution in [0.1, 0.15) is 29.6 Å². The van der Waals surface area contributed by atoms with Crippen LogP contribution in [0.25, 0.3) is 0 Å². The van der Waals surface area contributed by atoms with Gasteiger partial charge in [0.2, 0.25) is 0 Å². The van der Waals surface area contributed by atoms with Gasteiger partial charge in [0.1, 0.15) is 0 Å². The molecule has 0 aromatic heterocycles. The van der Waals surface area contributed by atoms with E-state index in [-0.39, 0.29) is 5.56 Å². The van der Waals surface area contributed by atoms with E-state index in [1.165, 1.54) is 12.1 Å². The summed E-state index contributed by atoms with van der Waals surface area (Å²) < 4.78 is 26.2. The smallest absolute Gasteiger partial charge is 0.254 e. The zero-order chi connectivity index (χ0) is 13.4. The third-order valence-corrected chi connectivity index (χ3v) is 3.20. The lowest BCUT2D eigenvalue weighted by molar-refractivity contribution is 0.0948. The molecule has 0 aliphatic carbocycles. The summed E-state index contributed by atoms with van der Waals surface area (Å²) in [5, 5.41) is 2.59. The third-order valence-electron chi connectivity index (χ3n) is 2.51. The van der Waals surface area contributed by atoms with Crippen LogP contribution in [0.3, 0.4) is 0 Å². The quantitative estimate of drug-likeness (QED) is 0.773. The van der Waals surface area contributed by atoms with Crippen molar-refractivity contribution < 1.29 is 13.6 Å². The summed E-state index contributed by atoms with van der Waals surface area (Å²) in [4.78, 5) is 11.6. The van der Waals surface area contributed by atoms with Crippen molar-refractivity contribution in [3.05, 3.63) is 35.4 Å². The Kier molecular flexibility index (Phi) is 6.72. The molecule has 0 spiro atoms. The van der Waals surface area contributed by atoms with Gasteiger partial charge in [-0.25, -0.2) is 8.78 Å². The van der Waals surface area contributed by atoms with Crippen molar-refractivity contribution >= 4 is 17.7 Å². The van der Waals surface area contributed by atoms with Crippen molar-refractivity contribution in [1.82, 2.24) is 5.32 Å². The fourth-order valence-corrected chi connectivity index (χ4v) is 2.02. The predicted molar refractivity (Wildman–Crippen MR) is 70.9 cm³/mol. The van der Waals surface area contributed by atoms with Crippen LogP contribution in [-0.2, 0) is 0 Å². The SMILES string of the molecule is CSCCCCCNC(=O)c1cccc(F)c1F. The number of benzene rings is 1. The van der Waals surface area contributed by atoms with Crippen LogP contribution in [0.15, 0.2) is 18.2 Å². The summed E-state index contributed by atoms with van der Waals surface area (Å²) in [5.41, 5.74) is -0.237. The lowest BCUT2D eigenvalue weighted by Gasteiger charge is -2.06. The molecule has 100 valence electrons. The summed E-state index contributed by atoms with van der Waals surface area (Å²) in [5.74, 6) is -1.54. The topological polar surface area (TPSA) is 29.1 Å². The molecule has 1 N–H and O–H groups in total. The molecule has 1 aromatic rings. The molecule has 0 fully saturated rings. The number of hydrogen-bond donors (Lipinski definition) is 1. The predicted octanol–water partition coefficient (Wildman–Crippen LogP) is 3.23. The number of hydrogen-bond acceptors (Lipinski definition) is 2. The van der Waals surface area contributed by atoms with Crippen LogP contribution in [-0.4, -0.2) is 24.5 Å². The standard InChI is InChI=1S/C13H17F2NOS/c1-18-9-4-2-3-8-16-13(17)10-6-5-7-11(14)12(10)15/h5-7H,2-4,8-9H2,1H3,(H,16,17). The van der Waals surface area contributed by atoms with Crippen LogP contribution >= 0.6 is 11.8 Å². The highest BCUT2D eigenvalue weighted by atomic mass is 32.2. The highest BCUT2D eigenvalue weighted by molar-refractivity contribution is 7.98. The van der Waals surface area contributed by atoms with Crippen LogP contribution in [0, 0.1) is 11.6 Å². The zero-order valence-corrected chi connectivity index (χ0v) is 11.2. The number of unbranched alkanes of at least 4 members (excludes halogenated alkanes) is 2. The Morgan fingerprint density at radius 3 is 2.78 bits per heavy atom. The highest BCUT2D eigenvalue weighted by Crippen LogP contribution is 2.11. The molecule has 1 aromatic carbocycles. The number of halogens is 2. The van der Waals surface area contributed by atoms with E-state index in [9.17, 15) is 13.6 Å². The van der Waals surface area contributed by atoms with Gasteiger partial charge in [0.05, 0.1) is 5.56 Å². The van der Waals surface area contributed by atoms with Crippen LogP contribution in [0.2, 0.25) is 0 Å². The van der Waals surface area contributed by atoms with E-state index >= 15 is 0 Å². The van der Waals surface area contributed by atoms with Gasteiger partial charge in [0.25, 0.3) is 5.91 Å². The van der Waals surface area contributed by atoms with Crippen molar-refractivity contribution in [2.45, 2.75) is 19.3 Å². The Morgan fingerprint density at radius 1 is 1.28 bits per heavy atom. The molecule has 0 unspecified atom stereocenters. The van der Waals surface area contributed by atoms with Gasteiger partial charge < -0.3 is 5.32 Å². The fourth-order valence-electron chi connectivity index (χ4n) is 1.52. The van der Waals surface area contributed by atoms with Crippen molar-refractivity contribution in [3.63, 3.8) is 0 Å². The molecule has 0 heterocycles. The van der Waals surface area contributed by atoms with Gasteiger partial charge in [-0.1, -0.05) is 12.5 Å².